The van der Waals surface area contributed by atoms with Crippen molar-refractivity contribution in [2.24, 2.45) is 5.41 Å². The monoisotopic (exact) mass is 148 g/mol. The van der Waals surface area contributed by atoms with Crippen LogP contribution in [0.2, 0.25) is 0 Å². The molecular weight excluding hydrogens is 132 g/mol. The number of hydrogen-bond acceptors (Lipinski definition) is 0. The summed E-state index contributed by atoms with van der Waals surface area (Å²) in [5, 5.41) is 0. The molecule has 0 spiro atoms. The smallest absolute Gasteiger partial charge is 0.00990 e. The summed E-state index contributed by atoms with van der Waals surface area (Å²) >= 11 is 0. The van der Waals surface area contributed by atoms with Crippen molar-refractivity contribution in [2.45, 2.75) is 40.0 Å². The number of hydrogen-bond donors (Lipinski definition) is 0. The fourth-order valence-corrected chi connectivity index (χ4v) is 2.17. The van der Waals surface area contributed by atoms with Crippen LogP contribution < -0.4 is 0 Å². The van der Waals surface area contributed by atoms with Crippen molar-refractivity contribution in [3.05, 3.63) is 22.8 Å². The van der Waals surface area contributed by atoms with Gasteiger partial charge in [-0.05, 0) is 30.3 Å². The maximum Gasteiger partial charge on any atom is -0.00990 e. The lowest BCUT2D eigenvalue weighted by atomic mass is 9.83. The molecule has 60 valence electrons. The highest BCUT2D eigenvalue weighted by Crippen LogP contribution is 2.45. The Hall–Kier alpha value is -0.520. The van der Waals surface area contributed by atoms with Gasteiger partial charge in [0.25, 0.3) is 0 Å². The van der Waals surface area contributed by atoms with Crippen molar-refractivity contribution in [1.29, 1.82) is 0 Å². The van der Waals surface area contributed by atoms with Crippen LogP contribution in [0.4, 0.5) is 0 Å². The van der Waals surface area contributed by atoms with Gasteiger partial charge >= 0.3 is 0 Å². The standard InChI is InChI=1S/C11H16/c1-11(2,3)10-7-8-4-5-9(10)6-8/h7H,4-6H2,1-3H3. The first-order chi connectivity index (χ1) is 5.07. The number of fused-ring (bicyclic) bond motifs is 2. The Morgan fingerprint density at radius 2 is 1.91 bits per heavy atom. The largest absolute Gasteiger partial charge is 0.0655 e. The molecule has 0 heterocycles. The molecule has 2 aliphatic rings. The van der Waals surface area contributed by atoms with E-state index in [1.807, 2.05) is 0 Å². The van der Waals surface area contributed by atoms with Gasteiger partial charge in [0.05, 0.1) is 0 Å². The van der Waals surface area contributed by atoms with Gasteiger partial charge in [-0.15, -0.1) is 0 Å². The molecule has 11 heavy (non-hydrogen) atoms. The van der Waals surface area contributed by atoms with Crippen LogP contribution in [0.25, 0.3) is 0 Å². The summed E-state index contributed by atoms with van der Waals surface area (Å²) in [6.45, 7) is 6.94. The van der Waals surface area contributed by atoms with Crippen LogP contribution in [-0.2, 0) is 0 Å². The molecule has 0 nitrogen and oxygen atoms in total. The molecule has 0 heteroatoms. The summed E-state index contributed by atoms with van der Waals surface area (Å²) in [6, 6.07) is 0. The fraction of sp³-hybridized carbons (Fsp3) is 0.636. The second-order valence-electron chi connectivity index (χ2n) is 4.75. The van der Waals surface area contributed by atoms with Crippen molar-refractivity contribution in [3.8, 4) is 0 Å². The molecule has 0 saturated heterocycles. The molecule has 0 amide bonds. The molecule has 0 N–H and O–H groups in total. The quantitative estimate of drug-likeness (QED) is 0.493. The van der Waals surface area contributed by atoms with E-state index in [2.05, 4.69) is 26.8 Å². The molecule has 0 aromatic carbocycles. The second kappa shape index (κ2) is 2.00. The van der Waals surface area contributed by atoms with Gasteiger partial charge in [0.2, 0.25) is 0 Å². The molecule has 0 radical (unpaired) electrons. The highest BCUT2D eigenvalue weighted by Gasteiger charge is 2.28. The third-order valence-corrected chi connectivity index (χ3v) is 2.73. The van der Waals surface area contributed by atoms with E-state index >= 15 is 0 Å². The van der Waals surface area contributed by atoms with Crippen molar-refractivity contribution in [2.75, 3.05) is 0 Å². The fourth-order valence-electron chi connectivity index (χ4n) is 2.17. The Bertz CT molecular complexity index is 246. The first-order valence-electron chi connectivity index (χ1n) is 4.49. The summed E-state index contributed by atoms with van der Waals surface area (Å²) in [6.07, 6.45) is 6.42. The van der Waals surface area contributed by atoms with E-state index in [4.69, 9.17) is 0 Å². The lowest BCUT2D eigenvalue weighted by molar-refractivity contribution is 0.510. The lowest BCUT2D eigenvalue weighted by Crippen LogP contribution is -2.09. The van der Waals surface area contributed by atoms with Crippen LogP contribution in [0.5, 0.6) is 0 Å². The van der Waals surface area contributed by atoms with Crippen molar-refractivity contribution >= 4 is 0 Å². The molecule has 1 saturated carbocycles. The molecule has 1 fully saturated rings. The minimum absolute atomic E-state index is 0.386. The summed E-state index contributed by atoms with van der Waals surface area (Å²) in [7, 11) is 0. The SMILES string of the molecule is CC(C)(C)C1=C2CCC(=C1)C2. The summed E-state index contributed by atoms with van der Waals surface area (Å²) in [4.78, 5) is 0. The van der Waals surface area contributed by atoms with Crippen LogP contribution in [-0.4, -0.2) is 0 Å². The van der Waals surface area contributed by atoms with E-state index in [1.165, 1.54) is 19.3 Å². The zero-order valence-corrected chi connectivity index (χ0v) is 7.70. The molecule has 0 atom stereocenters. The maximum absolute atomic E-state index is 2.43. The molecule has 2 bridgehead atoms. The molecule has 0 aromatic rings. The molecule has 0 aliphatic heterocycles. The molecule has 2 aliphatic carbocycles. The minimum atomic E-state index is 0.386. The van der Waals surface area contributed by atoms with E-state index in [1.54, 1.807) is 16.7 Å². The van der Waals surface area contributed by atoms with Crippen LogP contribution in [0.15, 0.2) is 22.8 Å². The predicted molar refractivity (Wildman–Crippen MR) is 48.4 cm³/mol. The highest BCUT2D eigenvalue weighted by molar-refractivity contribution is 5.46. The van der Waals surface area contributed by atoms with Gasteiger partial charge in [-0.1, -0.05) is 38.0 Å². The molecular formula is C11H16. The first-order valence-corrected chi connectivity index (χ1v) is 4.49. The summed E-state index contributed by atoms with van der Waals surface area (Å²) < 4.78 is 0. The number of allylic oxidation sites excluding steroid dienone is 4. The van der Waals surface area contributed by atoms with Crippen LogP contribution >= 0.6 is 0 Å². The van der Waals surface area contributed by atoms with Crippen molar-refractivity contribution in [3.63, 3.8) is 0 Å². The maximum atomic E-state index is 2.43. The van der Waals surface area contributed by atoms with Gasteiger partial charge < -0.3 is 0 Å². The average Bonchev–Trinajstić information content (AvgIpc) is 2.42. The zero-order chi connectivity index (χ0) is 8.06. The van der Waals surface area contributed by atoms with Crippen molar-refractivity contribution in [1.82, 2.24) is 0 Å². The topological polar surface area (TPSA) is 0 Å². The Morgan fingerprint density at radius 1 is 1.18 bits per heavy atom. The number of rotatable bonds is 0. The van der Waals surface area contributed by atoms with E-state index in [0.717, 1.165) is 0 Å². The van der Waals surface area contributed by atoms with Gasteiger partial charge in [0.1, 0.15) is 0 Å². The lowest BCUT2D eigenvalue weighted by Gasteiger charge is -2.22. The molecule has 2 rings (SSSR count). The minimum Gasteiger partial charge on any atom is -0.0655 e. The Morgan fingerprint density at radius 3 is 2.18 bits per heavy atom. The van der Waals surface area contributed by atoms with Crippen molar-refractivity contribution < 1.29 is 0 Å². The highest BCUT2D eigenvalue weighted by atomic mass is 14.3. The summed E-state index contributed by atoms with van der Waals surface area (Å²) in [5.74, 6) is 0. The Labute approximate surface area is 69.0 Å². The van der Waals surface area contributed by atoms with E-state index < -0.39 is 0 Å². The average molecular weight is 148 g/mol. The third-order valence-electron chi connectivity index (χ3n) is 2.73. The first kappa shape index (κ1) is 7.15. The third kappa shape index (κ3) is 1.05. The van der Waals surface area contributed by atoms with E-state index in [9.17, 15) is 0 Å². The van der Waals surface area contributed by atoms with E-state index in [-0.39, 0.29) is 0 Å². The molecule has 0 aromatic heterocycles. The van der Waals surface area contributed by atoms with Gasteiger partial charge in [-0.3, -0.25) is 0 Å². The van der Waals surface area contributed by atoms with E-state index in [0.29, 0.717) is 5.41 Å². The second-order valence-corrected chi connectivity index (χ2v) is 4.75. The van der Waals surface area contributed by atoms with Gasteiger partial charge in [-0.25, -0.2) is 0 Å². The Kier molecular flexibility index (Phi) is 1.30. The van der Waals surface area contributed by atoms with Crippen LogP contribution in [0.1, 0.15) is 40.0 Å². The van der Waals surface area contributed by atoms with Crippen LogP contribution in [0.3, 0.4) is 0 Å². The van der Waals surface area contributed by atoms with Gasteiger partial charge in [-0.2, -0.15) is 0 Å². The van der Waals surface area contributed by atoms with Gasteiger partial charge in [0.15, 0.2) is 0 Å². The van der Waals surface area contributed by atoms with Crippen LogP contribution in [0, 0.1) is 5.41 Å². The predicted octanol–water partition coefficient (Wildman–Crippen LogP) is 3.45. The van der Waals surface area contributed by atoms with Gasteiger partial charge in [0, 0.05) is 0 Å². The molecule has 0 unspecified atom stereocenters. The summed E-state index contributed by atoms with van der Waals surface area (Å²) in [5.41, 5.74) is 5.40. The Balaban J connectivity index is 2.37. The zero-order valence-electron chi connectivity index (χ0n) is 7.70. The normalized spacial score (nSPS) is 23.0.